The average Bonchev–Trinajstić information content (AvgIpc) is 3.27. The smallest absolute Gasteiger partial charge is 0.497 e. The normalized spacial score (nSPS) is 18.0. The van der Waals surface area contributed by atoms with Gasteiger partial charge in [0.05, 0.1) is 37.7 Å². The van der Waals surface area contributed by atoms with E-state index in [1.165, 1.54) is 10.9 Å². The molecule has 1 saturated heterocycles. The van der Waals surface area contributed by atoms with Gasteiger partial charge >= 0.3 is 13.1 Å². The molecule has 0 aliphatic carbocycles. The molecule has 2 heterocycles. The van der Waals surface area contributed by atoms with Crippen LogP contribution in [0, 0.1) is 0 Å². The predicted molar refractivity (Wildman–Crippen MR) is 113 cm³/mol. The minimum atomic E-state index is -1.17. The van der Waals surface area contributed by atoms with Crippen LogP contribution in [0.3, 0.4) is 0 Å². The quantitative estimate of drug-likeness (QED) is 0.490. The Bertz CT molecular complexity index is 956. The summed E-state index contributed by atoms with van der Waals surface area (Å²) in [5.41, 5.74) is -1.01. The lowest BCUT2D eigenvalue weighted by Crippen LogP contribution is -2.41. The number of esters is 1. The number of ether oxygens (including phenoxy) is 2. The summed E-state index contributed by atoms with van der Waals surface area (Å²) in [7, 11) is 0.387. The third-order valence-corrected chi connectivity index (χ3v) is 5.53. The van der Waals surface area contributed by atoms with Gasteiger partial charge in [-0.1, -0.05) is 17.3 Å². The summed E-state index contributed by atoms with van der Waals surface area (Å²) >= 11 is 0. The van der Waals surface area contributed by atoms with Crippen LogP contribution in [-0.2, 0) is 20.6 Å². The number of halogens is 1. The third kappa shape index (κ3) is 4.80. The number of carbonyl (C=O) groups is 1. The number of methoxy groups -OCH3 is 1. The molecule has 0 unspecified atom stereocenters. The molecule has 10 heteroatoms. The van der Waals surface area contributed by atoms with E-state index in [2.05, 4.69) is 10.3 Å². The molecule has 31 heavy (non-hydrogen) atoms. The maximum Gasteiger partial charge on any atom is 0.525 e. The van der Waals surface area contributed by atoms with Crippen molar-refractivity contribution in [1.29, 1.82) is 0 Å². The number of rotatable bonds is 7. The van der Waals surface area contributed by atoms with Gasteiger partial charge in [0.25, 0.3) is 0 Å². The number of nitrogens with zero attached hydrogens (tertiary/aromatic N) is 3. The Morgan fingerprint density at radius 1 is 1.16 bits per heavy atom. The molecule has 0 spiro atoms. The first-order valence-corrected chi connectivity index (χ1v) is 10.0. The Morgan fingerprint density at radius 3 is 2.32 bits per heavy atom. The Labute approximate surface area is 181 Å². The van der Waals surface area contributed by atoms with Crippen molar-refractivity contribution in [1.82, 2.24) is 15.0 Å². The largest absolute Gasteiger partial charge is 0.525 e. The van der Waals surface area contributed by atoms with E-state index in [0.717, 1.165) is 0 Å². The molecule has 0 bridgehead atoms. The van der Waals surface area contributed by atoms with Gasteiger partial charge in [0.2, 0.25) is 0 Å². The van der Waals surface area contributed by atoms with Crippen LogP contribution in [0.25, 0.3) is 5.57 Å². The minimum absolute atomic E-state index is 0.00858. The average molecular weight is 431 g/mol. The molecule has 0 atom stereocenters. The van der Waals surface area contributed by atoms with Crippen molar-refractivity contribution in [2.75, 3.05) is 13.7 Å². The van der Waals surface area contributed by atoms with E-state index in [-0.39, 0.29) is 18.8 Å². The van der Waals surface area contributed by atoms with Crippen LogP contribution >= 0.6 is 0 Å². The van der Waals surface area contributed by atoms with Crippen LogP contribution in [0.2, 0.25) is 0 Å². The van der Waals surface area contributed by atoms with Crippen molar-refractivity contribution in [3.63, 3.8) is 0 Å². The molecule has 2 aromatic rings. The molecule has 1 aliphatic heterocycles. The van der Waals surface area contributed by atoms with Gasteiger partial charge in [-0.15, -0.1) is 5.10 Å². The van der Waals surface area contributed by atoms with Crippen molar-refractivity contribution in [2.24, 2.45) is 0 Å². The molecular formula is C21H27BFN3O5. The lowest BCUT2D eigenvalue weighted by atomic mass is 9.82. The van der Waals surface area contributed by atoms with Gasteiger partial charge < -0.3 is 18.8 Å². The minimum Gasteiger partial charge on any atom is -0.497 e. The fraction of sp³-hybridized carbons (Fsp3) is 0.476. The maximum atomic E-state index is 15.7. The van der Waals surface area contributed by atoms with Gasteiger partial charge in [-0.05, 0) is 52.3 Å². The molecule has 3 rings (SSSR count). The zero-order chi connectivity index (χ0) is 22.8. The van der Waals surface area contributed by atoms with Crippen molar-refractivity contribution < 1.29 is 28.0 Å². The standard InChI is InChI=1S/C21H27BFN3O5/c1-7-29-19(27)17-13-26(25-24-17)12-16(14-8-10-15(28-6)11-9-14)18(23)22-30-20(2,3)21(4,5)31-22/h8-11,13H,7,12H2,1-6H3. The first kappa shape index (κ1) is 23.0. The van der Waals surface area contributed by atoms with Crippen molar-refractivity contribution >= 4 is 18.7 Å². The fourth-order valence-corrected chi connectivity index (χ4v) is 3.02. The summed E-state index contributed by atoms with van der Waals surface area (Å²) in [6.07, 6.45) is 1.42. The molecule has 0 amide bonds. The second-order valence-corrected chi connectivity index (χ2v) is 8.17. The van der Waals surface area contributed by atoms with Crippen LogP contribution in [-0.4, -0.2) is 53.0 Å². The van der Waals surface area contributed by atoms with Crippen molar-refractivity contribution in [3.05, 3.63) is 47.4 Å². The molecule has 1 aromatic heterocycles. The summed E-state index contributed by atoms with van der Waals surface area (Å²) < 4.78 is 39.0. The second kappa shape index (κ2) is 8.80. The van der Waals surface area contributed by atoms with Crippen LogP contribution in [0.1, 0.15) is 50.7 Å². The molecule has 1 aliphatic rings. The number of hydrogen-bond donors (Lipinski definition) is 0. The van der Waals surface area contributed by atoms with E-state index in [1.54, 1.807) is 38.3 Å². The molecular weight excluding hydrogens is 404 g/mol. The van der Waals surface area contributed by atoms with Gasteiger partial charge in [0.15, 0.2) is 5.69 Å². The van der Waals surface area contributed by atoms with E-state index < -0.39 is 30.0 Å². The summed E-state index contributed by atoms with van der Waals surface area (Å²) in [4.78, 5) is 11.9. The highest BCUT2D eigenvalue weighted by molar-refractivity contribution is 6.55. The Morgan fingerprint density at radius 2 is 1.77 bits per heavy atom. The van der Waals surface area contributed by atoms with Crippen LogP contribution in [0.5, 0.6) is 5.75 Å². The van der Waals surface area contributed by atoms with Gasteiger partial charge in [0.1, 0.15) is 11.5 Å². The topological polar surface area (TPSA) is 84.7 Å². The first-order valence-electron chi connectivity index (χ1n) is 10.0. The zero-order valence-electron chi connectivity index (χ0n) is 18.6. The summed E-state index contributed by atoms with van der Waals surface area (Å²) in [6, 6.07) is 6.95. The SMILES string of the molecule is CCOC(=O)c1cn(CC(=C(F)B2OC(C)(C)C(C)(C)O2)c2ccc(OC)cc2)nn1. The lowest BCUT2D eigenvalue weighted by molar-refractivity contribution is 0.00578. The second-order valence-electron chi connectivity index (χ2n) is 8.17. The summed E-state index contributed by atoms with van der Waals surface area (Å²) in [5.74, 6) is 0.0552. The van der Waals surface area contributed by atoms with Crippen LogP contribution < -0.4 is 4.74 Å². The number of carbonyl (C=O) groups excluding carboxylic acids is 1. The number of benzene rings is 1. The molecule has 166 valence electrons. The fourth-order valence-electron chi connectivity index (χ4n) is 3.02. The van der Waals surface area contributed by atoms with Gasteiger partial charge in [-0.25, -0.2) is 13.9 Å². The van der Waals surface area contributed by atoms with E-state index in [0.29, 0.717) is 16.9 Å². The number of hydrogen-bond acceptors (Lipinski definition) is 7. The summed E-state index contributed by atoms with van der Waals surface area (Å²) in [6.45, 7) is 9.36. The van der Waals surface area contributed by atoms with Crippen LogP contribution in [0.15, 0.2) is 36.2 Å². The van der Waals surface area contributed by atoms with Gasteiger partial charge in [0, 0.05) is 5.57 Å². The molecule has 0 saturated carbocycles. The maximum absolute atomic E-state index is 15.7. The van der Waals surface area contributed by atoms with E-state index >= 15 is 4.39 Å². The Balaban J connectivity index is 1.97. The zero-order valence-corrected chi connectivity index (χ0v) is 18.6. The first-order chi connectivity index (χ1) is 14.6. The Hall–Kier alpha value is -2.72. The van der Waals surface area contributed by atoms with E-state index in [1.807, 2.05) is 27.7 Å². The molecule has 1 aromatic carbocycles. The highest BCUT2D eigenvalue weighted by Gasteiger charge is 2.53. The van der Waals surface area contributed by atoms with Crippen molar-refractivity contribution in [3.8, 4) is 5.75 Å². The number of aromatic nitrogens is 3. The molecule has 1 fully saturated rings. The third-order valence-electron chi connectivity index (χ3n) is 5.53. The van der Waals surface area contributed by atoms with E-state index in [4.69, 9.17) is 18.8 Å². The predicted octanol–water partition coefficient (Wildman–Crippen LogP) is 3.48. The molecule has 8 nitrogen and oxygen atoms in total. The highest BCUT2D eigenvalue weighted by Crippen LogP contribution is 2.40. The van der Waals surface area contributed by atoms with Gasteiger partial charge in [-0.2, -0.15) is 0 Å². The highest BCUT2D eigenvalue weighted by atomic mass is 19.1. The van der Waals surface area contributed by atoms with Crippen LogP contribution in [0.4, 0.5) is 4.39 Å². The Kier molecular flexibility index (Phi) is 6.52. The van der Waals surface area contributed by atoms with E-state index in [9.17, 15) is 4.79 Å². The molecule has 0 radical (unpaired) electrons. The van der Waals surface area contributed by atoms with Gasteiger partial charge in [-0.3, -0.25) is 0 Å². The monoisotopic (exact) mass is 431 g/mol. The lowest BCUT2D eigenvalue weighted by Gasteiger charge is -2.32. The number of allylic oxidation sites excluding steroid dienone is 1. The molecule has 0 N–H and O–H groups in total. The summed E-state index contributed by atoms with van der Waals surface area (Å²) in [5, 5.41) is 7.77. The van der Waals surface area contributed by atoms with Crippen molar-refractivity contribution in [2.45, 2.75) is 52.4 Å².